The summed E-state index contributed by atoms with van der Waals surface area (Å²) in [4.78, 5) is 30.1. The number of nitrogens with zero attached hydrogens (tertiary/aromatic N) is 3. The number of hydrogen-bond donors (Lipinski definition) is 0. The average molecular weight is 418 g/mol. The Morgan fingerprint density at radius 2 is 1.66 bits per heavy atom. The highest BCUT2D eigenvalue weighted by Crippen LogP contribution is 2.36. The van der Waals surface area contributed by atoms with E-state index in [1.165, 1.54) is 36.7 Å². The van der Waals surface area contributed by atoms with Crippen molar-refractivity contribution in [3.63, 3.8) is 0 Å². The van der Waals surface area contributed by atoms with Crippen LogP contribution in [0.5, 0.6) is 0 Å². The van der Waals surface area contributed by atoms with E-state index >= 15 is 0 Å². The second-order valence-electron chi connectivity index (χ2n) is 6.15. The molecular formula is C20H11ClF3N3O2. The summed E-state index contributed by atoms with van der Waals surface area (Å²) in [5.41, 5.74) is -2.19. The molecule has 146 valence electrons. The van der Waals surface area contributed by atoms with Gasteiger partial charge in [0.05, 0.1) is 39.1 Å². The molecule has 9 heteroatoms. The molecule has 0 aliphatic heterocycles. The molecule has 0 bridgehead atoms. The first-order chi connectivity index (χ1) is 13.8. The number of fused-ring (bicyclic) bond motifs is 1. The summed E-state index contributed by atoms with van der Waals surface area (Å²) in [6.07, 6.45) is -1.90. The summed E-state index contributed by atoms with van der Waals surface area (Å²) in [5, 5.41) is -0.321. The third kappa shape index (κ3) is 3.21. The van der Waals surface area contributed by atoms with E-state index in [9.17, 15) is 22.8 Å². The average Bonchev–Trinajstić information content (AvgIpc) is 2.69. The first-order valence-electron chi connectivity index (χ1n) is 8.33. The molecule has 0 aliphatic rings. The zero-order valence-corrected chi connectivity index (χ0v) is 15.3. The van der Waals surface area contributed by atoms with Gasteiger partial charge < -0.3 is 0 Å². The van der Waals surface area contributed by atoms with Gasteiger partial charge in [-0.15, -0.1) is 0 Å². The molecule has 0 atom stereocenters. The molecule has 0 fully saturated rings. The fourth-order valence-electron chi connectivity index (χ4n) is 3.09. The van der Waals surface area contributed by atoms with E-state index in [1.54, 1.807) is 18.2 Å². The highest BCUT2D eigenvalue weighted by atomic mass is 35.5. The van der Waals surface area contributed by atoms with Crippen molar-refractivity contribution < 1.29 is 13.2 Å². The van der Waals surface area contributed by atoms with Crippen LogP contribution < -0.4 is 11.2 Å². The second-order valence-corrected chi connectivity index (χ2v) is 6.56. The van der Waals surface area contributed by atoms with Crippen molar-refractivity contribution in [1.82, 2.24) is 14.1 Å². The molecular weight excluding hydrogens is 407 g/mol. The Bertz CT molecular complexity index is 1350. The second kappa shape index (κ2) is 6.89. The van der Waals surface area contributed by atoms with E-state index in [0.29, 0.717) is 0 Å². The first kappa shape index (κ1) is 18.9. The maximum atomic E-state index is 13.3. The molecule has 2 aromatic carbocycles. The first-order valence-corrected chi connectivity index (χ1v) is 8.71. The van der Waals surface area contributed by atoms with Crippen LogP contribution in [0.25, 0.3) is 22.3 Å². The Balaban J connectivity index is 2.14. The van der Waals surface area contributed by atoms with Gasteiger partial charge in [0.15, 0.2) is 0 Å². The van der Waals surface area contributed by atoms with Gasteiger partial charge in [-0.25, -0.2) is 9.36 Å². The van der Waals surface area contributed by atoms with E-state index in [1.807, 2.05) is 0 Å². The molecule has 0 spiro atoms. The van der Waals surface area contributed by atoms with Crippen LogP contribution in [0.1, 0.15) is 5.56 Å². The molecule has 5 nitrogen and oxygen atoms in total. The van der Waals surface area contributed by atoms with Crippen molar-refractivity contribution in [3.05, 3.63) is 98.4 Å². The minimum absolute atomic E-state index is 0.0689. The Labute approximate surface area is 166 Å². The molecule has 0 unspecified atom stereocenters. The highest BCUT2D eigenvalue weighted by molar-refractivity contribution is 6.31. The fourth-order valence-corrected chi connectivity index (χ4v) is 3.32. The standard InChI is InChI=1S/C20H11ClF3N3O2/c21-16-8-7-12(10-15(16)20(22,23)24)26-17-6-2-1-5-14(17)18(28)27(19(26)29)13-4-3-9-25-11-13/h1-11H. The molecule has 2 heterocycles. The monoisotopic (exact) mass is 417 g/mol. The van der Waals surface area contributed by atoms with Crippen LogP contribution in [0.2, 0.25) is 5.02 Å². The lowest BCUT2D eigenvalue weighted by atomic mass is 10.1. The molecule has 29 heavy (non-hydrogen) atoms. The number of aromatic nitrogens is 3. The van der Waals surface area contributed by atoms with Crippen LogP contribution in [0.3, 0.4) is 0 Å². The van der Waals surface area contributed by atoms with Gasteiger partial charge in [-0.2, -0.15) is 13.2 Å². The van der Waals surface area contributed by atoms with Gasteiger partial charge in [0.2, 0.25) is 0 Å². The molecule has 4 rings (SSSR count). The number of para-hydroxylation sites is 1. The summed E-state index contributed by atoms with van der Waals surface area (Å²) in [6.45, 7) is 0. The number of alkyl halides is 3. The minimum Gasteiger partial charge on any atom is -0.268 e. The Morgan fingerprint density at radius 1 is 0.897 bits per heavy atom. The van der Waals surface area contributed by atoms with Crippen molar-refractivity contribution in [2.45, 2.75) is 6.18 Å². The van der Waals surface area contributed by atoms with E-state index in [-0.39, 0.29) is 22.3 Å². The van der Waals surface area contributed by atoms with E-state index < -0.39 is 28.0 Å². The van der Waals surface area contributed by atoms with Crippen LogP contribution >= 0.6 is 11.6 Å². The van der Waals surface area contributed by atoms with E-state index in [4.69, 9.17) is 11.6 Å². The number of hydrogen-bond acceptors (Lipinski definition) is 3. The predicted molar refractivity (Wildman–Crippen MR) is 103 cm³/mol. The van der Waals surface area contributed by atoms with Crippen LogP contribution in [-0.2, 0) is 6.18 Å². The summed E-state index contributed by atoms with van der Waals surface area (Å²) in [6, 6.07) is 12.4. The molecule has 0 amide bonds. The molecule has 0 N–H and O–H groups in total. The van der Waals surface area contributed by atoms with Crippen molar-refractivity contribution in [1.29, 1.82) is 0 Å². The SMILES string of the molecule is O=c1c2ccccc2n(-c2ccc(Cl)c(C(F)(F)F)c2)c(=O)n1-c1cccnc1. The predicted octanol–water partition coefficient (Wildman–Crippen LogP) is 4.21. The zero-order valence-electron chi connectivity index (χ0n) is 14.5. The number of pyridine rings is 1. The molecule has 0 radical (unpaired) electrons. The number of halogens is 4. The van der Waals surface area contributed by atoms with E-state index in [2.05, 4.69) is 4.98 Å². The number of rotatable bonds is 2. The fraction of sp³-hybridized carbons (Fsp3) is 0.0500. The summed E-state index contributed by atoms with van der Waals surface area (Å²) < 4.78 is 41.9. The van der Waals surface area contributed by atoms with Gasteiger partial charge in [0.25, 0.3) is 5.56 Å². The van der Waals surface area contributed by atoms with Crippen molar-refractivity contribution in [3.8, 4) is 11.4 Å². The largest absolute Gasteiger partial charge is 0.417 e. The maximum Gasteiger partial charge on any atom is 0.417 e. The van der Waals surface area contributed by atoms with Gasteiger partial charge in [-0.1, -0.05) is 23.7 Å². The molecule has 0 saturated carbocycles. The Kier molecular flexibility index (Phi) is 4.50. The van der Waals surface area contributed by atoms with Crippen LogP contribution in [0, 0.1) is 0 Å². The van der Waals surface area contributed by atoms with Crippen molar-refractivity contribution >= 4 is 22.5 Å². The lowest BCUT2D eigenvalue weighted by molar-refractivity contribution is -0.137. The Morgan fingerprint density at radius 3 is 2.34 bits per heavy atom. The minimum atomic E-state index is -4.70. The van der Waals surface area contributed by atoms with Gasteiger partial charge in [0.1, 0.15) is 0 Å². The van der Waals surface area contributed by atoms with Gasteiger partial charge in [0, 0.05) is 6.20 Å². The summed E-state index contributed by atoms with van der Waals surface area (Å²) in [7, 11) is 0. The maximum absolute atomic E-state index is 13.3. The van der Waals surface area contributed by atoms with Gasteiger partial charge in [-0.3, -0.25) is 14.3 Å². The quantitative estimate of drug-likeness (QED) is 0.491. The van der Waals surface area contributed by atoms with Crippen LogP contribution in [0.4, 0.5) is 13.2 Å². The molecule has 2 aromatic heterocycles. The van der Waals surface area contributed by atoms with Crippen molar-refractivity contribution in [2.24, 2.45) is 0 Å². The topological polar surface area (TPSA) is 56.9 Å². The molecule has 0 saturated heterocycles. The summed E-state index contributed by atoms with van der Waals surface area (Å²) in [5.74, 6) is 0. The third-order valence-electron chi connectivity index (χ3n) is 4.38. The van der Waals surface area contributed by atoms with Crippen LogP contribution in [0.15, 0.2) is 76.6 Å². The molecule has 0 aliphatic carbocycles. The smallest absolute Gasteiger partial charge is 0.268 e. The van der Waals surface area contributed by atoms with Crippen molar-refractivity contribution in [2.75, 3.05) is 0 Å². The lowest BCUT2D eigenvalue weighted by Crippen LogP contribution is -2.38. The Hall–Kier alpha value is -3.39. The lowest BCUT2D eigenvalue weighted by Gasteiger charge is -2.16. The van der Waals surface area contributed by atoms with Crippen LogP contribution in [-0.4, -0.2) is 14.1 Å². The number of benzene rings is 2. The van der Waals surface area contributed by atoms with Gasteiger partial charge in [-0.05, 0) is 42.5 Å². The normalized spacial score (nSPS) is 11.7. The zero-order chi connectivity index (χ0) is 20.8. The third-order valence-corrected chi connectivity index (χ3v) is 4.71. The highest BCUT2D eigenvalue weighted by Gasteiger charge is 2.33. The van der Waals surface area contributed by atoms with E-state index in [0.717, 1.165) is 21.3 Å². The summed E-state index contributed by atoms with van der Waals surface area (Å²) >= 11 is 5.71. The van der Waals surface area contributed by atoms with Gasteiger partial charge >= 0.3 is 11.9 Å². The molecule has 4 aromatic rings.